The summed E-state index contributed by atoms with van der Waals surface area (Å²) in [7, 11) is 1.41. The normalized spacial score (nSPS) is 29.6. The lowest BCUT2D eigenvalue weighted by Gasteiger charge is -2.23. The van der Waals surface area contributed by atoms with E-state index in [1.807, 2.05) is 6.92 Å². The Morgan fingerprint density at radius 3 is 2.82 bits per heavy atom. The Morgan fingerprint density at radius 1 is 1.47 bits per heavy atom. The Balaban J connectivity index is 1.90. The minimum atomic E-state index is -0.486. The summed E-state index contributed by atoms with van der Waals surface area (Å²) in [6.45, 7) is 1.93. The van der Waals surface area contributed by atoms with E-state index in [-0.39, 0.29) is 12.4 Å². The van der Waals surface area contributed by atoms with Crippen LogP contribution >= 0.6 is 0 Å². The molecule has 2 aliphatic rings. The quantitative estimate of drug-likeness (QED) is 0.711. The molecule has 0 radical (unpaired) electrons. The van der Waals surface area contributed by atoms with Crippen LogP contribution in [-0.2, 0) is 14.4 Å². The molecule has 1 aliphatic heterocycles. The first-order chi connectivity index (χ1) is 8.13. The number of nitrogens with zero attached hydrogens (tertiary/aromatic N) is 1. The van der Waals surface area contributed by atoms with Gasteiger partial charge in [-0.05, 0) is 19.8 Å². The molecule has 4 heteroatoms. The highest BCUT2D eigenvalue weighted by atomic mass is 16.7. The minimum absolute atomic E-state index is 0.229. The van der Waals surface area contributed by atoms with Gasteiger partial charge in [-0.15, -0.1) is 0 Å². The molecule has 1 fully saturated rings. The zero-order valence-electron chi connectivity index (χ0n) is 10.7. The number of ether oxygens (including phenoxy) is 1. The molecule has 0 spiro atoms. The van der Waals surface area contributed by atoms with Gasteiger partial charge in [0.2, 0.25) is 0 Å². The maximum atomic E-state index is 11.3. The van der Waals surface area contributed by atoms with Crippen molar-refractivity contribution in [2.24, 2.45) is 11.1 Å². The molecular formula is C13H21NO3. The molecule has 1 unspecified atom stereocenters. The van der Waals surface area contributed by atoms with Gasteiger partial charge in [0.05, 0.1) is 19.2 Å². The summed E-state index contributed by atoms with van der Waals surface area (Å²) in [5.41, 5.74) is 0.663. The number of rotatable bonds is 3. The number of methoxy groups -OCH3 is 1. The van der Waals surface area contributed by atoms with Crippen molar-refractivity contribution >= 4 is 11.7 Å². The summed E-state index contributed by atoms with van der Waals surface area (Å²) >= 11 is 0. The van der Waals surface area contributed by atoms with Crippen LogP contribution in [0.25, 0.3) is 0 Å². The van der Waals surface area contributed by atoms with E-state index in [0.29, 0.717) is 5.92 Å². The SMILES string of the molecule is COC(=O)CC1(C)CC(C2CCCCC2)=NO1. The van der Waals surface area contributed by atoms with Gasteiger partial charge in [-0.2, -0.15) is 0 Å². The van der Waals surface area contributed by atoms with Crippen LogP contribution in [0.15, 0.2) is 5.16 Å². The second kappa shape index (κ2) is 5.07. The second-order valence-corrected chi connectivity index (χ2v) is 5.39. The highest BCUT2D eigenvalue weighted by molar-refractivity contribution is 5.89. The fraction of sp³-hybridized carbons (Fsp3) is 0.846. The van der Waals surface area contributed by atoms with E-state index in [9.17, 15) is 4.79 Å². The molecule has 4 nitrogen and oxygen atoms in total. The van der Waals surface area contributed by atoms with E-state index >= 15 is 0 Å². The average molecular weight is 239 g/mol. The molecule has 1 saturated carbocycles. The van der Waals surface area contributed by atoms with Crippen molar-refractivity contribution < 1.29 is 14.4 Å². The fourth-order valence-corrected chi connectivity index (χ4v) is 2.74. The summed E-state index contributed by atoms with van der Waals surface area (Å²) in [6, 6.07) is 0. The third kappa shape index (κ3) is 2.99. The van der Waals surface area contributed by atoms with Gasteiger partial charge in [0.25, 0.3) is 0 Å². The molecule has 0 N–H and O–H groups in total. The van der Waals surface area contributed by atoms with Crippen molar-refractivity contribution in [1.29, 1.82) is 0 Å². The summed E-state index contributed by atoms with van der Waals surface area (Å²) in [5, 5.41) is 4.21. The minimum Gasteiger partial charge on any atom is -0.469 e. The van der Waals surface area contributed by atoms with Crippen LogP contribution in [0.3, 0.4) is 0 Å². The van der Waals surface area contributed by atoms with Crippen molar-refractivity contribution in [2.45, 2.75) is 57.5 Å². The molecule has 0 aromatic carbocycles. The topological polar surface area (TPSA) is 47.9 Å². The first-order valence-electron chi connectivity index (χ1n) is 6.45. The van der Waals surface area contributed by atoms with Gasteiger partial charge >= 0.3 is 5.97 Å². The predicted molar refractivity (Wildman–Crippen MR) is 64.8 cm³/mol. The first-order valence-corrected chi connectivity index (χ1v) is 6.45. The van der Waals surface area contributed by atoms with Gasteiger partial charge in [0.15, 0.2) is 5.60 Å². The van der Waals surface area contributed by atoms with E-state index in [0.717, 1.165) is 12.1 Å². The van der Waals surface area contributed by atoms with Crippen LogP contribution in [0.1, 0.15) is 51.9 Å². The third-order valence-electron chi connectivity index (χ3n) is 3.76. The number of esters is 1. The highest BCUT2D eigenvalue weighted by Crippen LogP contribution is 2.34. The van der Waals surface area contributed by atoms with E-state index in [1.165, 1.54) is 39.2 Å². The van der Waals surface area contributed by atoms with Crippen molar-refractivity contribution in [2.75, 3.05) is 7.11 Å². The summed E-state index contributed by atoms with van der Waals surface area (Å²) in [6.07, 6.45) is 7.40. The molecule has 2 rings (SSSR count). The largest absolute Gasteiger partial charge is 0.469 e. The van der Waals surface area contributed by atoms with Crippen LogP contribution in [0, 0.1) is 5.92 Å². The van der Waals surface area contributed by atoms with E-state index in [2.05, 4.69) is 9.89 Å². The molecule has 0 aromatic heterocycles. The standard InChI is InChI=1S/C13H21NO3/c1-13(9-12(15)16-2)8-11(14-17-13)10-6-4-3-5-7-10/h10H,3-9H2,1-2H3. The number of carbonyl (C=O) groups excluding carboxylic acids is 1. The number of carbonyl (C=O) groups is 1. The average Bonchev–Trinajstić information content (AvgIpc) is 2.72. The van der Waals surface area contributed by atoms with Gasteiger partial charge in [-0.25, -0.2) is 0 Å². The zero-order valence-corrected chi connectivity index (χ0v) is 10.7. The van der Waals surface area contributed by atoms with Crippen LogP contribution in [0.2, 0.25) is 0 Å². The maximum Gasteiger partial charge on any atom is 0.309 e. The van der Waals surface area contributed by atoms with E-state index < -0.39 is 5.60 Å². The first kappa shape index (κ1) is 12.4. The number of hydrogen-bond acceptors (Lipinski definition) is 4. The van der Waals surface area contributed by atoms with Gasteiger partial charge in [0, 0.05) is 12.3 Å². The Kier molecular flexibility index (Phi) is 3.69. The molecule has 1 heterocycles. The number of hydrogen-bond donors (Lipinski definition) is 0. The zero-order chi connectivity index (χ0) is 12.3. The Labute approximate surface area is 102 Å². The van der Waals surface area contributed by atoms with E-state index in [4.69, 9.17) is 4.84 Å². The third-order valence-corrected chi connectivity index (χ3v) is 3.76. The second-order valence-electron chi connectivity index (χ2n) is 5.39. The molecule has 1 aliphatic carbocycles. The monoisotopic (exact) mass is 239 g/mol. The van der Waals surface area contributed by atoms with Crippen molar-refractivity contribution in [3.05, 3.63) is 0 Å². The maximum absolute atomic E-state index is 11.3. The van der Waals surface area contributed by atoms with Crippen LogP contribution in [-0.4, -0.2) is 24.4 Å². The summed E-state index contributed by atoms with van der Waals surface area (Å²) < 4.78 is 4.69. The molecule has 1 atom stereocenters. The molecule has 0 saturated heterocycles. The van der Waals surface area contributed by atoms with Crippen LogP contribution < -0.4 is 0 Å². The Morgan fingerprint density at radius 2 is 2.18 bits per heavy atom. The lowest BCUT2D eigenvalue weighted by molar-refractivity contribution is -0.146. The Bertz CT molecular complexity index is 321. The molecule has 96 valence electrons. The lowest BCUT2D eigenvalue weighted by Crippen LogP contribution is -2.30. The van der Waals surface area contributed by atoms with Crippen molar-refractivity contribution in [1.82, 2.24) is 0 Å². The molecule has 17 heavy (non-hydrogen) atoms. The highest BCUT2D eigenvalue weighted by Gasteiger charge is 2.39. The summed E-state index contributed by atoms with van der Waals surface area (Å²) in [4.78, 5) is 16.8. The smallest absolute Gasteiger partial charge is 0.309 e. The van der Waals surface area contributed by atoms with Crippen molar-refractivity contribution in [3.63, 3.8) is 0 Å². The Hall–Kier alpha value is -1.06. The van der Waals surface area contributed by atoms with Crippen LogP contribution in [0.4, 0.5) is 0 Å². The van der Waals surface area contributed by atoms with E-state index in [1.54, 1.807) is 0 Å². The van der Waals surface area contributed by atoms with Crippen molar-refractivity contribution in [3.8, 4) is 0 Å². The van der Waals surface area contributed by atoms with Gasteiger partial charge in [-0.1, -0.05) is 24.4 Å². The van der Waals surface area contributed by atoms with Gasteiger partial charge in [0.1, 0.15) is 0 Å². The molecule has 0 amide bonds. The molecule has 0 aromatic rings. The molecule has 0 bridgehead atoms. The fourth-order valence-electron chi connectivity index (χ4n) is 2.74. The van der Waals surface area contributed by atoms with Crippen LogP contribution in [0.5, 0.6) is 0 Å². The van der Waals surface area contributed by atoms with Gasteiger partial charge < -0.3 is 9.57 Å². The summed E-state index contributed by atoms with van der Waals surface area (Å²) in [5.74, 6) is 0.343. The molecular weight excluding hydrogens is 218 g/mol. The lowest BCUT2D eigenvalue weighted by atomic mass is 9.82. The number of oxime groups is 1. The van der Waals surface area contributed by atoms with Gasteiger partial charge in [-0.3, -0.25) is 4.79 Å². The predicted octanol–water partition coefficient (Wildman–Crippen LogP) is 2.66.